The molecule has 2 amide bonds. The van der Waals surface area contributed by atoms with Crippen LogP contribution < -0.4 is 5.32 Å². The van der Waals surface area contributed by atoms with Gasteiger partial charge in [0.2, 0.25) is 5.91 Å². The van der Waals surface area contributed by atoms with E-state index in [-0.39, 0.29) is 24.5 Å². The Balaban J connectivity index is 1.60. The molecule has 0 aromatic heterocycles. The van der Waals surface area contributed by atoms with Crippen LogP contribution in [-0.4, -0.2) is 54.0 Å². The van der Waals surface area contributed by atoms with E-state index in [9.17, 15) is 9.59 Å². The quantitative estimate of drug-likeness (QED) is 0.714. The van der Waals surface area contributed by atoms with Crippen molar-refractivity contribution in [3.05, 3.63) is 29.3 Å². The fourth-order valence-corrected chi connectivity index (χ4v) is 5.52. The van der Waals surface area contributed by atoms with Crippen molar-refractivity contribution in [2.45, 2.75) is 53.1 Å². The van der Waals surface area contributed by atoms with Gasteiger partial charge in [0.1, 0.15) is 6.61 Å². The number of benzene rings is 1. The maximum Gasteiger partial charge on any atom is 0.254 e. The second-order valence-electron chi connectivity index (χ2n) is 9.11. The number of carbonyl (C=O) groups excluding carboxylic acids is 2. The lowest BCUT2D eigenvalue weighted by molar-refractivity contribution is -0.126. The van der Waals surface area contributed by atoms with Gasteiger partial charge < -0.3 is 15.0 Å². The molecule has 30 heavy (non-hydrogen) atoms. The summed E-state index contributed by atoms with van der Waals surface area (Å²) in [5, 5.41) is 2.96. The van der Waals surface area contributed by atoms with Crippen molar-refractivity contribution in [1.29, 1.82) is 0 Å². The first kappa shape index (κ1) is 23.1. The highest BCUT2D eigenvalue weighted by Crippen LogP contribution is 2.35. The Labute approximate surface area is 185 Å². The van der Waals surface area contributed by atoms with Crippen LogP contribution in [0, 0.1) is 24.7 Å². The molecule has 1 aliphatic heterocycles. The van der Waals surface area contributed by atoms with Gasteiger partial charge in [-0.1, -0.05) is 33.3 Å². The summed E-state index contributed by atoms with van der Waals surface area (Å²) in [4.78, 5) is 27.4. The number of hydrogen-bond acceptors (Lipinski definition) is 4. The van der Waals surface area contributed by atoms with Crippen molar-refractivity contribution < 1.29 is 14.3 Å². The van der Waals surface area contributed by atoms with Gasteiger partial charge >= 0.3 is 0 Å². The zero-order valence-corrected chi connectivity index (χ0v) is 19.6. The molecular weight excluding hydrogens is 396 g/mol. The van der Waals surface area contributed by atoms with Gasteiger partial charge in [-0.25, -0.2) is 0 Å². The number of amides is 2. The number of nitrogens with zero attached hydrogens (tertiary/aromatic N) is 1. The first-order valence-corrected chi connectivity index (χ1v) is 12.4. The van der Waals surface area contributed by atoms with Crippen molar-refractivity contribution in [1.82, 2.24) is 4.90 Å². The number of hydrogen-bond donors (Lipinski definition) is 1. The molecule has 1 saturated heterocycles. The van der Waals surface area contributed by atoms with E-state index in [0.717, 1.165) is 36.6 Å². The standard InChI is InChI=1S/C24H36N2O3S/c1-16(2)19-9-8-17(3)14-22(19)29-15-23(27)25-21-7-5-6-20(18(21)4)24(28)26-10-12-30-13-11-26/h5-7,16-17,19,22H,8-15H2,1-4H3,(H,25,27). The summed E-state index contributed by atoms with van der Waals surface area (Å²) in [6, 6.07) is 5.55. The minimum absolute atomic E-state index is 0.0520. The smallest absolute Gasteiger partial charge is 0.254 e. The summed E-state index contributed by atoms with van der Waals surface area (Å²) >= 11 is 1.88. The van der Waals surface area contributed by atoms with Crippen LogP contribution in [0.2, 0.25) is 0 Å². The number of carbonyl (C=O) groups is 2. The molecule has 3 unspecified atom stereocenters. The van der Waals surface area contributed by atoms with Gasteiger partial charge in [0.25, 0.3) is 5.91 Å². The summed E-state index contributed by atoms with van der Waals surface area (Å²) in [6.45, 7) is 10.3. The Morgan fingerprint density at radius 2 is 1.97 bits per heavy atom. The van der Waals surface area contributed by atoms with Crippen molar-refractivity contribution in [3.63, 3.8) is 0 Å². The summed E-state index contributed by atoms with van der Waals surface area (Å²) in [5.74, 6) is 3.58. The van der Waals surface area contributed by atoms with Gasteiger partial charge in [0.05, 0.1) is 6.10 Å². The fourth-order valence-electron chi connectivity index (χ4n) is 4.61. The molecule has 3 atom stereocenters. The van der Waals surface area contributed by atoms with Gasteiger partial charge in [-0.05, 0) is 55.2 Å². The van der Waals surface area contributed by atoms with Crippen LogP contribution in [0.4, 0.5) is 5.69 Å². The number of anilines is 1. The van der Waals surface area contributed by atoms with Gasteiger partial charge in [0.15, 0.2) is 0 Å². The van der Waals surface area contributed by atoms with Crippen LogP contribution in [0.3, 0.4) is 0 Å². The average molecular weight is 433 g/mol. The minimum atomic E-state index is -0.155. The van der Waals surface area contributed by atoms with E-state index in [0.29, 0.717) is 29.0 Å². The second kappa shape index (κ2) is 10.7. The third-order valence-electron chi connectivity index (χ3n) is 6.53. The Morgan fingerprint density at radius 1 is 1.23 bits per heavy atom. The first-order valence-electron chi connectivity index (χ1n) is 11.2. The largest absolute Gasteiger partial charge is 0.368 e. The highest BCUT2D eigenvalue weighted by Gasteiger charge is 2.31. The van der Waals surface area contributed by atoms with E-state index < -0.39 is 0 Å². The molecule has 0 bridgehead atoms. The summed E-state index contributed by atoms with van der Waals surface area (Å²) in [6.07, 6.45) is 3.58. The molecule has 1 aromatic carbocycles. The van der Waals surface area contributed by atoms with E-state index in [1.807, 2.05) is 41.8 Å². The number of ether oxygens (including phenoxy) is 1. The highest BCUT2D eigenvalue weighted by molar-refractivity contribution is 7.99. The average Bonchev–Trinajstić information content (AvgIpc) is 2.73. The Bertz CT molecular complexity index is 746. The molecule has 1 aliphatic carbocycles. The molecule has 1 aromatic rings. The van der Waals surface area contributed by atoms with Crippen LogP contribution in [0.15, 0.2) is 18.2 Å². The third-order valence-corrected chi connectivity index (χ3v) is 7.47. The Hall–Kier alpha value is -1.53. The molecular formula is C24H36N2O3S. The molecule has 166 valence electrons. The zero-order valence-electron chi connectivity index (χ0n) is 18.8. The predicted octanol–water partition coefficient (Wildman–Crippen LogP) is 4.60. The number of thioether (sulfide) groups is 1. The minimum Gasteiger partial charge on any atom is -0.368 e. The number of rotatable bonds is 6. The topological polar surface area (TPSA) is 58.6 Å². The van der Waals surface area contributed by atoms with E-state index >= 15 is 0 Å². The Morgan fingerprint density at radius 3 is 2.67 bits per heavy atom. The molecule has 3 rings (SSSR count). The lowest BCUT2D eigenvalue weighted by atomic mass is 9.75. The summed E-state index contributed by atoms with van der Waals surface area (Å²) in [7, 11) is 0. The van der Waals surface area contributed by atoms with E-state index in [1.165, 1.54) is 12.8 Å². The van der Waals surface area contributed by atoms with Crippen LogP contribution in [0.5, 0.6) is 0 Å². The van der Waals surface area contributed by atoms with Gasteiger partial charge in [-0.15, -0.1) is 0 Å². The number of nitrogens with one attached hydrogen (secondary N) is 1. The monoisotopic (exact) mass is 432 g/mol. The third kappa shape index (κ3) is 5.79. The van der Waals surface area contributed by atoms with Crippen LogP contribution in [0.1, 0.15) is 56.0 Å². The van der Waals surface area contributed by atoms with E-state index in [2.05, 4.69) is 26.1 Å². The molecule has 0 spiro atoms. The van der Waals surface area contributed by atoms with Crippen molar-refractivity contribution in [3.8, 4) is 0 Å². The molecule has 1 saturated carbocycles. The van der Waals surface area contributed by atoms with Crippen LogP contribution in [-0.2, 0) is 9.53 Å². The van der Waals surface area contributed by atoms with Gasteiger partial charge in [-0.3, -0.25) is 9.59 Å². The van der Waals surface area contributed by atoms with E-state index in [4.69, 9.17) is 4.74 Å². The van der Waals surface area contributed by atoms with Crippen molar-refractivity contribution in [2.24, 2.45) is 17.8 Å². The van der Waals surface area contributed by atoms with Gasteiger partial charge in [0, 0.05) is 35.8 Å². The lowest BCUT2D eigenvalue weighted by Gasteiger charge is -2.37. The molecule has 1 heterocycles. The SMILES string of the molecule is Cc1c(NC(=O)COC2CC(C)CCC2C(C)C)cccc1C(=O)N1CCSCC1. The van der Waals surface area contributed by atoms with Crippen LogP contribution in [0.25, 0.3) is 0 Å². The van der Waals surface area contributed by atoms with E-state index in [1.54, 1.807) is 0 Å². The lowest BCUT2D eigenvalue weighted by Crippen LogP contribution is -2.38. The molecule has 6 heteroatoms. The molecule has 2 aliphatic rings. The molecule has 1 N–H and O–H groups in total. The fraction of sp³-hybridized carbons (Fsp3) is 0.667. The van der Waals surface area contributed by atoms with Crippen LogP contribution >= 0.6 is 11.8 Å². The predicted molar refractivity (Wildman–Crippen MR) is 124 cm³/mol. The van der Waals surface area contributed by atoms with Gasteiger partial charge in [-0.2, -0.15) is 11.8 Å². The molecule has 5 nitrogen and oxygen atoms in total. The van der Waals surface area contributed by atoms with Crippen molar-refractivity contribution >= 4 is 29.3 Å². The summed E-state index contributed by atoms with van der Waals surface area (Å²) in [5.41, 5.74) is 2.18. The summed E-state index contributed by atoms with van der Waals surface area (Å²) < 4.78 is 6.08. The normalized spacial score (nSPS) is 24.7. The van der Waals surface area contributed by atoms with Crippen molar-refractivity contribution in [2.75, 3.05) is 36.5 Å². The molecule has 0 radical (unpaired) electrons. The second-order valence-corrected chi connectivity index (χ2v) is 10.3. The maximum absolute atomic E-state index is 12.9. The highest BCUT2D eigenvalue weighted by atomic mass is 32.2. The molecule has 2 fully saturated rings. The maximum atomic E-state index is 12.9. The first-order chi connectivity index (χ1) is 14.4. The zero-order chi connectivity index (χ0) is 21.7. The Kier molecular flexibility index (Phi) is 8.23.